The highest BCUT2D eigenvalue weighted by atomic mass is 32.1. The van der Waals surface area contributed by atoms with E-state index in [9.17, 15) is 4.79 Å². The molecule has 2 aromatic carbocycles. The van der Waals surface area contributed by atoms with Crippen LogP contribution in [0.1, 0.15) is 21.6 Å². The molecule has 0 atom stereocenters. The molecule has 0 saturated carbocycles. The SMILES string of the molecule is Cc1ccc(C(=O)NCc2csc(-c3ccccc3)n2)cc1. The monoisotopic (exact) mass is 308 g/mol. The maximum atomic E-state index is 12.1. The third-order valence-corrected chi connectivity index (χ3v) is 4.26. The topological polar surface area (TPSA) is 42.0 Å². The predicted molar refractivity (Wildman–Crippen MR) is 89.9 cm³/mol. The van der Waals surface area contributed by atoms with E-state index in [0.29, 0.717) is 12.1 Å². The molecule has 0 radical (unpaired) electrons. The van der Waals surface area contributed by atoms with E-state index in [1.807, 2.05) is 66.9 Å². The van der Waals surface area contributed by atoms with Crippen molar-refractivity contribution in [2.75, 3.05) is 0 Å². The Bertz CT molecular complexity index is 763. The molecule has 3 nitrogen and oxygen atoms in total. The normalized spacial score (nSPS) is 10.4. The van der Waals surface area contributed by atoms with Gasteiger partial charge in [0.1, 0.15) is 5.01 Å². The van der Waals surface area contributed by atoms with Crippen molar-refractivity contribution in [2.45, 2.75) is 13.5 Å². The van der Waals surface area contributed by atoms with Crippen molar-refractivity contribution in [3.63, 3.8) is 0 Å². The first kappa shape index (κ1) is 14.5. The molecule has 1 aromatic heterocycles. The second-order valence-corrected chi connectivity index (χ2v) is 5.92. The summed E-state index contributed by atoms with van der Waals surface area (Å²) in [5.74, 6) is -0.0748. The van der Waals surface area contributed by atoms with Crippen molar-refractivity contribution < 1.29 is 4.79 Å². The molecule has 0 unspecified atom stereocenters. The number of benzene rings is 2. The summed E-state index contributed by atoms with van der Waals surface area (Å²) >= 11 is 1.59. The van der Waals surface area contributed by atoms with Crippen molar-refractivity contribution >= 4 is 17.2 Å². The highest BCUT2D eigenvalue weighted by molar-refractivity contribution is 7.13. The molecule has 0 saturated heterocycles. The van der Waals surface area contributed by atoms with Gasteiger partial charge in [-0.2, -0.15) is 0 Å². The van der Waals surface area contributed by atoms with Crippen LogP contribution >= 0.6 is 11.3 Å². The zero-order valence-corrected chi connectivity index (χ0v) is 13.1. The van der Waals surface area contributed by atoms with Gasteiger partial charge in [0.2, 0.25) is 0 Å². The number of rotatable bonds is 4. The Morgan fingerprint density at radius 2 is 1.82 bits per heavy atom. The van der Waals surface area contributed by atoms with Gasteiger partial charge >= 0.3 is 0 Å². The smallest absolute Gasteiger partial charge is 0.251 e. The molecule has 4 heteroatoms. The fourth-order valence-corrected chi connectivity index (χ4v) is 2.91. The summed E-state index contributed by atoms with van der Waals surface area (Å²) in [7, 11) is 0. The number of carbonyl (C=O) groups is 1. The number of thiazole rings is 1. The maximum absolute atomic E-state index is 12.1. The summed E-state index contributed by atoms with van der Waals surface area (Å²) in [6.45, 7) is 2.44. The number of hydrogen-bond acceptors (Lipinski definition) is 3. The molecule has 0 aliphatic rings. The van der Waals surface area contributed by atoms with Crippen LogP contribution in [0.5, 0.6) is 0 Å². The number of aromatic nitrogens is 1. The van der Waals surface area contributed by atoms with Crippen LogP contribution in [0.3, 0.4) is 0 Å². The Labute approximate surface area is 133 Å². The van der Waals surface area contributed by atoms with E-state index in [2.05, 4.69) is 10.3 Å². The summed E-state index contributed by atoms with van der Waals surface area (Å²) in [6.07, 6.45) is 0. The summed E-state index contributed by atoms with van der Waals surface area (Å²) < 4.78 is 0. The molecule has 0 fully saturated rings. The number of amides is 1. The third kappa shape index (κ3) is 3.40. The third-order valence-electron chi connectivity index (χ3n) is 3.32. The van der Waals surface area contributed by atoms with Gasteiger partial charge in [0.15, 0.2) is 0 Å². The summed E-state index contributed by atoms with van der Waals surface area (Å²) in [4.78, 5) is 16.6. The first-order chi connectivity index (χ1) is 10.7. The van der Waals surface area contributed by atoms with Gasteiger partial charge < -0.3 is 5.32 Å². The molecule has 0 aliphatic carbocycles. The number of hydrogen-bond donors (Lipinski definition) is 1. The molecule has 3 rings (SSSR count). The summed E-state index contributed by atoms with van der Waals surface area (Å²) in [5.41, 5.74) is 3.79. The van der Waals surface area contributed by atoms with Gasteiger partial charge in [-0.1, -0.05) is 48.0 Å². The van der Waals surface area contributed by atoms with Crippen molar-refractivity contribution in [3.05, 3.63) is 76.8 Å². The van der Waals surface area contributed by atoms with Gasteiger partial charge in [-0.25, -0.2) is 4.98 Å². The van der Waals surface area contributed by atoms with E-state index in [1.165, 1.54) is 0 Å². The van der Waals surface area contributed by atoms with Crippen LogP contribution in [0.2, 0.25) is 0 Å². The predicted octanol–water partition coefficient (Wildman–Crippen LogP) is 4.05. The van der Waals surface area contributed by atoms with Gasteiger partial charge in [-0.05, 0) is 19.1 Å². The second-order valence-electron chi connectivity index (χ2n) is 5.06. The minimum Gasteiger partial charge on any atom is -0.346 e. The minimum atomic E-state index is -0.0748. The van der Waals surface area contributed by atoms with Crippen molar-refractivity contribution in [2.24, 2.45) is 0 Å². The van der Waals surface area contributed by atoms with Crippen LogP contribution in [0.15, 0.2) is 60.0 Å². The first-order valence-corrected chi connectivity index (χ1v) is 7.95. The quantitative estimate of drug-likeness (QED) is 0.790. The number of aryl methyl sites for hydroxylation is 1. The van der Waals surface area contributed by atoms with Crippen molar-refractivity contribution in [3.8, 4) is 10.6 Å². The zero-order valence-electron chi connectivity index (χ0n) is 12.2. The van der Waals surface area contributed by atoms with E-state index in [1.54, 1.807) is 11.3 Å². The Hall–Kier alpha value is -2.46. The molecule has 1 N–H and O–H groups in total. The van der Waals surface area contributed by atoms with Gasteiger partial charge in [0.25, 0.3) is 5.91 Å². The molecule has 1 heterocycles. The van der Waals surface area contributed by atoms with Crippen molar-refractivity contribution in [1.82, 2.24) is 10.3 Å². The number of nitrogens with one attached hydrogen (secondary N) is 1. The van der Waals surface area contributed by atoms with Gasteiger partial charge in [0, 0.05) is 16.5 Å². The van der Waals surface area contributed by atoms with E-state index in [4.69, 9.17) is 0 Å². The Morgan fingerprint density at radius 3 is 2.55 bits per heavy atom. The highest BCUT2D eigenvalue weighted by Gasteiger charge is 2.07. The molecule has 0 bridgehead atoms. The Balaban J connectivity index is 1.64. The minimum absolute atomic E-state index is 0.0748. The lowest BCUT2D eigenvalue weighted by Gasteiger charge is -2.03. The largest absolute Gasteiger partial charge is 0.346 e. The molecular formula is C18H16N2OS. The lowest BCUT2D eigenvalue weighted by Crippen LogP contribution is -2.22. The zero-order chi connectivity index (χ0) is 15.4. The van der Waals surface area contributed by atoms with Crippen LogP contribution in [-0.2, 0) is 6.54 Å². The van der Waals surface area contributed by atoms with E-state index in [-0.39, 0.29) is 5.91 Å². The van der Waals surface area contributed by atoms with E-state index >= 15 is 0 Å². The Kier molecular flexibility index (Phi) is 4.30. The van der Waals surface area contributed by atoms with Crippen LogP contribution in [0.25, 0.3) is 10.6 Å². The first-order valence-electron chi connectivity index (χ1n) is 7.07. The van der Waals surface area contributed by atoms with Crippen LogP contribution in [0.4, 0.5) is 0 Å². The van der Waals surface area contributed by atoms with E-state index in [0.717, 1.165) is 21.8 Å². The molecular weight excluding hydrogens is 292 g/mol. The van der Waals surface area contributed by atoms with Gasteiger partial charge in [-0.3, -0.25) is 4.79 Å². The van der Waals surface area contributed by atoms with E-state index < -0.39 is 0 Å². The van der Waals surface area contributed by atoms with Gasteiger partial charge in [-0.15, -0.1) is 11.3 Å². The Morgan fingerprint density at radius 1 is 1.09 bits per heavy atom. The lowest BCUT2D eigenvalue weighted by molar-refractivity contribution is 0.0950. The second kappa shape index (κ2) is 6.54. The molecule has 0 aliphatic heterocycles. The van der Waals surface area contributed by atoms with Gasteiger partial charge in [0.05, 0.1) is 12.2 Å². The fraction of sp³-hybridized carbons (Fsp3) is 0.111. The molecule has 3 aromatic rings. The fourth-order valence-electron chi connectivity index (χ4n) is 2.08. The lowest BCUT2D eigenvalue weighted by atomic mass is 10.1. The molecule has 0 spiro atoms. The molecule has 22 heavy (non-hydrogen) atoms. The number of carbonyl (C=O) groups excluding carboxylic acids is 1. The average Bonchev–Trinajstić information content (AvgIpc) is 3.03. The van der Waals surface area contributed by atoms with Crippen LogP contribution in [0, 0.1) is 6.92 Å². The molecule has 1 amide bonds. The molecule has 110 valence electrons. The standard InChI is InChI=1S/C18H16N2OS/c1-13-7-9-14(10-8-13)17(21)19-11-16-12-22-18(20-16)15-5-3-2-4-6-15/h2-10,12H,11H2,1H3,(H,19,21). The van der Waals surface area contributed by atoms with Crippen LogP contribution < -0.4 is 5.32 Å². The average molecular weight is 308 g/mol. The van der Waals surface area contributed by atoms with Crippen molar-refractivity contribution in [1.29, 1.82) is 0 Å². The highest BCUT2D eigenvalue weighted by Crippen LogP contribution is 2.23. The maximum Gasteiger partial charge on any atom is 0.251 e. The van der Waals surface area contributed by atoms with Crippen LogP contribution in [-0.4, -0.2) is 10.9 Å². The summed E-state index contributed by atoms with van der Waals surface area (Å²) in [6, 6.07) is 17.6. The number of nitrogens with zero attached hydrogens (tertiary/aromatic N) is 1. The summed E-state index contributed by atoms with van der Waals surface area (Å²) in [5, 5.41) is 5.86.